The van der Waals surface area contributed by atoms with Gasteiger partial charge in [-0.3, -0.25) is 4.98 Å². The fourth-order valence-electron chi connectivity index (χ4n) is 6.48. The Hall–Kier alpha value is -6.26. The summed E-state index contributed by atoms with van der Waals surface area (Å²) in [4.78, 5) is 20.4. The summed E-state index contributed by atoms with van der Waals surface area (Å²) in [6.07, 6.45) is 1.98. The molecule has 9 rings (SSSR count). The molecule has 0 amide bonds. The minimum absolute atomic E-state index is 0.662. The largest absolute Gasteiger partial charge is 0.255 e. The molecule has 0 spiro atoms. The Morgan fingerprint density at radius 2 is 1.00 bits per heavy atom. The van der Waals surface area contributed by atoms with Crippen molar-refractivity contribution < 1.29 is 0 Å². The van der Waals surface area contributed by atoms with E-state index in [2.05, 4.69) is 109 Å². The van der Waals surface area contributed by atoms with Crippen LogP contribution < -0.4 is 0 Å². The molecular formula is C42H26N4. The molecule has 0 aliphatic carbocycles. The average molecular weight is 587 g/mol. The first-order chi connectivity index (χ1) is 22.8. The average Bonchev–Trinajstić information content (AvgIpc) is 3.14. The first-order valence-corrected chi connectivity index (χ1v) is 15.4. The monoisotopic (exact) mass is 586 g/mol. The minimum atomic E-state index is 0.662. The molecule has 0 aliphatic rings. The number of fused-ring (bicyclic) bond motifs is 7. The molecule has 214 valence electrons. The molecule has 46 heavy (non-hydrogen) atoms. The third-order valence-corrected chi connectivity index (χ3v) is 8.68. The van der Waals surface area contributed by atoms with Crippen LogP contribution in [0.25, 0.3) is 88.5 Å². The first-order valence-electron chi connectivity index (χ1n) is 15.4. The van der Waals surface area contributed by atoms with Gasteiger partial charge in [0.2, 0.25) is 0 Å². The van der Waals surface area contributed by atoms with Gasteiger partial charge in [0, 0.05) is 50.0 Å². The predicted molar refractivity (Wildman–Crippen MR) is 189 cm³/mol. The van der Waals surface area contributed by atoms with Gasteiger partial charge in [-0.15, -0.1) is 0 Å². The van der Waals surface area contributed by atoms with Gasteiger partial charge in [0.05, 0.1) is 28.1 Å². The Morgan fingerprint density at radius 1 is 0.370 bits per heavy atom. The summed E-state index contributed by atoms with van der Waals surface area (Å²) >= 11 is 0. The van der Waals surface area contributed by atoms with Crippen LogP contribution in [0.15, 0.2) is 158 Å². The van der Waals surface area contributed by atoms with Crippen LogP contribution in [0.5, 0.6) is 0 Å². The van der Waals surface area contributed by atoms with Crippen LogP contribution in [0.4, 0.5) is 0 Å². The summed E-state index contributed by atoms with van der Waals surface area (Å²) in [7, 11) is 0. The Kier molecular flexibility index (Phi) is 6.10. The molecule has 0 atom stereocenters. The molecule has 9 aromatic rings. The fraction of sp³-hybridized carbons (Fsp3) is 0. The number of hydrogen-bond donors (Lipinski definition) is 0. The van der Waals surface area contributed by atoms with E-state index in [-0.39, 0.29) is 0 Å². The van der Waals surface area contributed by atoms with Gasteiger partial charge >= 0.3 is 0 Å². The molecular weight excluding hydrogens is 560 g/mol. The van der Waals surface area contributed by atoms with E-state index in [1.807, 2.05) is 48.7 Å². The van der Waals surface area contributed by atoms with Crippen LogP contribution in [0.3, 0.4) is 0 Å². The van der Waals surface area contributed by atoms with Crippen LogP contribution in [0.2, 0.25) is 0 Å². The van der Waals surface area contributed by atoms with Gasteiger partial charge < -0.3 is 0 Å². The number of pyridine rings is 2. The summed E-state index contributed by atoms with van der Waals surface area (Å²) in [5, 5.41) is 6.77. The van der Waals surface area contributed by atoms with E-state index >= 15 is 0 Å². The van der Waals surface area contributed by atoms with E-state index in [0.717, 1.165) is 71.9 Å². The topological polar surface area (TPSA) is 51.6 Å². The lowest BCUT2D eigenvalue weighted by Gasteiger charge is -2.15. The van der Waals surface area contributed by atoms with Crippen molar-refractivity contribution in [3.8, 4) is 45.2 Å². The van der Waals surface area contributed by atoms with Crippen LogP contribution in [-0.4, -0.2) is 19.9 Å². The minimum Gasteiger partial charge on any atom is -0.255 e. The highest BCUT2D eigenvalue weighted by Crippen LogP contribution is 2.40. The lowest BCUT2D eigenvalue weighted by atomic mass is 9.94. The number of aromatic nitrogens is 4. The molecule has 0 N–H and O–H groups in total. The van der Waals surface area contributed by atoms with Crippen molar-refractivity contribution in [2.45, 2.75) is 0 Å². The molecule has 4 heteroatoms. The van der Waals surface area contributed by atoms with Crippen molar-refractivity contribution in [1.29, 1.82) is 0 Å². The summed E-state index contributed by atoms with van der Waals surface area (Å²) in [6, 6.07) is 52.2. The third kappa shape index (κ3) is 4.39. The van der Waals surface area contributed by atoms with Crippen molar-refractivity contribution in [2.24, 2.45) is 0 Å². The molecule has 0 fully saturated rings. The Bertz CT molecular complexity index is 2510. The molecule has 0 saturated heterocycles. The van der Waals surface area contributed by atoms with Crippen molar-refractivity contribution in [3.63, 3.8) is 0 Å². The normalized spacial score (nSPS) is 11.5. The third-order valence-electron chi connectivity index (χ3n) is 8.68. The number of rotatable bonds is 4. The van der Waals surface area contributed by atoms with Gasteiger partial charge in [-0.05, 0) is 29.0 Å². The van der Waals surface area contributed by atoms with Gasteiger partial charge in [-0.25, -0.2) is 15.0 Å². The number of nitrogens with zero attached hydrogens (tertiary/aromatic N) is 4. The highest BCUT2D eigenvalue weighted by atomic mass is 14.9. The summed E-state index contributed by atoms with van der Waals surface area (Å²) in [5.41, 5.74) is 8.58. The summed E-state index contributed by atoms with van der Waals surface area (Å²) in [6.45, 7) is 0. The van der Waals surface area contributed by atoms with E-state index in [1.54, 1.807) is 0 Å². The number of hydrogen-bond acceptors (Lipinski definition) is 4. The van der Waals surface area contributed by atoms with E-state index < -0.39 is 0 Å². The van der Waals surface area contributed by atoms with Crippen LogP contribution >= 0.6 is 0 Å². The zero-order valence-corrected chi connectivity index (χ0v) is 24.8. The standard InChI is InChI=1S/C42H26N4/c1-4-13-28(14-5-1)36-25-37(29-15-6-2-7-16-29)46-42(45-36)31-20-22-33-38(24-31)44-41(30-17-8-3-9-18-30)34-26-43-35-23-21-27-12-10-11-19-32(27)40(35)39(33)34/h1-26H. The molecule has 6 aromatic carbocycles. The second-order valence-corrected chi connectivity index (χ2v) is 11.5. The second-order valence-electron chi connectivity index (χ2n) is 11.5. The maximum atomic E-state index is 5.31. The summed E-state index contributed by atoms with van der Waals surface area (Å²) in [5.74, 6) is 0.662. The van der Waals surface area contributed by atoms with Crippen LogP contribution in [-0.2, 0) is 0 Å². The zero-order chi connectivity index (χ0) is 30.5. The SMILES string of the molecule is c1ccc(-c2cc(-c3ccccc3)nc(-c3ccc4c(c3)nc(-c3ccccc3)c3cnc5ccc6ccccc6c5c34)n2)cc1. The van der Waals surface area contributed by atoms with E-state index in [0.29, 0.717) is 5.82 Å². The second kappa shape index (κ2) is 10.7. The van der Waals surface area contributed by atoms with Gasteiger partial charge in [0.15, 0.2) is 5.82 Å². The van der Waals surface area contributed by atoms with Crippen molar-refractivity contribution >= 4 is 43.4 Å². The van der Waals surface area contributed by atoms with Crippen LogP contribution in [0, 0.1) is 0 Å². The molecule has 3 aromatic heterocycles. The van der Waals surface area contributed by atoms with E-state index in [4.69, 9.17) is 19.9 Å². The zero-order valence-electron chi connectivity index (χ0n) is 24.8. The highest BCUT2D eigenvalue weighted by molar-refractivity contribution is 6.28. The first kappa shape index (κ1) is 26.2. The van der Waals surface area contributed by atoms with Crippen molar-refractivity contribution in [2.75, 3.05) is 0 Å². The van der Waals surface area contributed by atoms with Crippen molar-refractivity contribution in [3.05, 3.63) is 158 Å². The lowest BCUT2D eigenvalue weighted by molar-refractivity contribution is 1.18. The predicted octanol–water partition coefficient (Wildman–Crippen LogP) is 10.5. The van der Waals surface area contributed by atoms with Gasteiger partial charge in [0.1, 0.15) is 0 Å². The molecule has 0 unspecified atom stereocenters. The summed E-state index contributed by atoms with van der Waals surface area (Å²) < 4.78 is 0. The van der Waals surface area contributed by atoms with E-state index in [9.17, 15) is 0 Å². The van der Waals surface area contributed by atoms with Crippen molar-refractivity contribution in [1.82, 2.24) is 19.9 Å². The Labute approximate surface area is 265 Å². The highest BCUT2D eigenvalue weighted by Gasteiger charge is 2.17. The molecule has 0 saturated carbocycles. The molecule has 0 bridgehead atoms. The van der Waals surface area contributed by atoms with E-state index in [1.165, 1.54) is 10.8 Å². The van der Waals surface area contributed by atoms with Gasteiger partial charge in [-0.1, -0.05) is 133 Å². The maximum Gasteiger partial charge on any atom is 0.160 e. The number of benzene rings is 6. The molecule has 0 radical (unpaired) electrons. The maximum absolute atomic E-state index is 5.31. The quantitative estimate of drug-likeness (QED) is 0.193. The van der Waals surface area contributed by atoms with Gasteiger partial charge in [-0.2, -0.15) is 0 Å². The smallest absolute Gasteiger partial charge is 0.160 e. The fourth-order valence-corrected chi connectivity index (χ4v) is 6.48. The Morgan fingerprint density at radius 3 is 1.70 bits per heavy atom. The lowest BCUT2D eigenvalue weighted by Crippen LogP contribution is -1.97. The molecule has 4 nitrogen and oxygen atoms in total. The van der Waals surface area contributed by atoms with Crippen LogP contribution in [0.1, 0.15) is 0 Å². The van der Waals surface area contributed by atoms with Gasteiger partial charge in [0.25, 0.3) is 0 Å². The Balaban J connectivity index is 1.35. The molecule has 3 heterocycles. The molecule has 0 aliphatic heterocycles.